The summed E-state index contributed by atoms with van der Waals surface area (Å²) in [7, 11) is 0. The van der Waals surface area contributed by atoms with Gasteiger partial charge in [0, 0.05) is 51.4 Å². The van der Waals surface area contributed by atoms with Crippen molar-refractivity contribution in [3.05, 3.63) is 46.3 Å². The van der Waals surface area contributed by atoms with E-state index in [9.17, 15) is 18.0 Å². The molecule has 2 atom stereocenters. The van der Waals surface area contributed by atoms with E-state index in [0.717, 1.165) is 80.6 Å². The molecule has 1 aromatic carbocycles. The molecular weight excluding hydrogens is 483 g/mol. The van der Waals surface area contributed by atoms with E-state index in [0.29, 0.717) is 31.1 Å². The number of amides is 1. The van der Waals surface area contributed by atoms with E-state index < -0.39 is 11.7 Å². The lowest BCUT2D eigenvalue weighted by atomic mass is 9.97. The molecule has 0 bridgehead atoms. The number of anilines is 1. The predicted molar refractivity (Wildman–Crippen MR) is 134 cm³/mol. The quantitative estimate of drug-likeness (QED) is 0.646. The second-order valence-corrected chi connectivity index (χ2v) is 10.7. The summed E-state index contributed by atoms with van der Waals surface area (Å²) in [5, 5.41) is 7.29. The van der Waals surface area contributed by atoms with Crippen molar-refractivity contribution in [1.82, 2.24) is 20.3 Å². The minimum atomic E-state index is -4.35. The van der Waals surface area contributed by atoms with Crippen molar-refractivity contribution in [2.24, 2.45) is 0 Å². The first kappa shape index (κ1) is 26.0. The largest absolute Gasteiger partial charge is 0.416 e. The normalized spacial score (nSPS) is 23.6. The number of alkyl halides is 3. The number of aromatic nitrogens is 1. The zero-order valence-electron chi connectivity index (χ0n) is 21.6. The van der Waals surface area contributed by atoms with Crippen molar-refractivity contribution in [2.45, 2.75) is 70.8 Å². The summed E-state index contributed by atoms with van der Waals surface area (Å²) >= 11 is 0. The van der Waals surface area contributed by atoms with Gasteiger partial charge in [-0.1, -0.05) is 11.2 Å². The zero-order chi connectivity index (χ0) is 26.2. The van der Waals surface area contributed by atoms with E-state index in [2.05, 4.69) is 20.3 Å². The fraction of sp³-hybridized carbons (Fsp3) is 0.630. The van der Waals surface area contributed by atoms with E-state index in [-0.39, 0.29) is 18.5 Å². The van der Waals surface area contributed by atoms with Gasteiger partial charge in [0.25, 0.3) is 0 Å². The van der Waals surface area contributed by atoms with Gasteiger partial charge in [-0.05, 0) is 69.2 Å². The van der Waals surface area contributed by atoms with E-state index in [1.165, 1.54) is 6.07 Å². The molecule has 1 unspecified atom stereocenters. The molecule has 7 nitrogen and oxygen atoms in total. The smallest absolute Gasteiger partial charge is 0.367 e. The lowest BCUT2D eigenvalue weighted by Crippen LogP contribution is -2.45. The molecule has 10 heteroatoms. The summed E-state index contributed by atoms with van der Waals surface area (Å²) in [5.74, 6) is 0.825. The summed E-state index contributed by atoms with van der Waals surface area (Å²) in [6.45, 7) is 8.99. The van der Waals surface area contributed by atoms with Gasteiger partial charge >= 0.3 is 6.18 Å². The highest BCUT2D eigenvalue weighted by Crippen LogP contribution is 2.32. The lowest BCUT2D eigenvalue weighted by Gasteiger charge is -2.29. The highest BCUT2D eigenvalue weighted by molar-refractivity contribution is 5.78. The molecule has 1 amide bonds. The molecule has 2 aromatic rings. The number of nitrogens with zero attached hydrogens (tertiary/aromatic N) is 4. The van der Waals surface area contributed by atoms with E-state index in [1.807, 2.05) is 18.7 Å². The second kappa shape index (κ2) is 10.6. The Kier molecular flexibility index (Phi) is 7.49. The summed E-state index contributed by atoms with van der Waals surface area (Å²) in [6.07, 6.45) is 0.533. The van der Waals surface area contributed by atoms with E-state index >= 15 is 0 Å². The van der Waals surface area contributed by atoms with Gasteiger partial charge in [-0.25, -0.2) is 0 Å². The maximum atomic E-state index is 13.1. The Morgan fingerprint density at radius 1 is 1.11 bits per heavy atom. The number of likely N-dealkylation sites (tertiary alicyclic amines) is 1. The van der Waals surface area contributed by atoms with Gasteiger partial charge in [0.05, 0.1) is 12.1 Å². The second-order valence-electron chi connectivity index (χ2n) is 10.7. The molecule has 2 saturated heterocycles. The number of fused-ring (bicyclic) bond motifs is 1. The van der Waals surface area contributed by atoms with Crippen LogP contribution in [0, 0.1) is 13.8 Å². The van der Waals surface area contributed by atoms with Crippen molar-refractivity contribution < 1.29 is 22.5 Å². The van der Waals surface area contributed by atoms with Crippen molar-refractivity contribution in [3.63, 3.8) is 0 Å². The van der Waals surface area contributed by atoms with Gasteiger partial charge in [0.15, 0.2) is 5.76 Å². The molecule has 3 aliphatic rings. The Balaban J connectivity index is 1.10. The first-order valence-electron chi connectivity index (χ1n) is 13.3. The van der Waals surface area contributed by atoms with Crippen LogP contribution in [-0.4, -0.2) is 72.2 Å². The Bertz CT molecular complexity index is 1100. The molecule has 37 heavy (non-hydrogen) atoms. The minimum absolute atomic E-state index is 0.0484. The third-order valence-electron chi connectivity index (χ3n) is 8.10. The first-order chi connectivity index (χ1) is 17.7. The zero-order valence-corrected chi connectivity index (χ0v) is 21.6. The Morgan fingerprint density at radius 3 is 2.70 bits per heavy atom. The summed E-state index contributed by atoms with van der Waals surface area (Å²) in [6, 6.07) is 4.56. The maximum absolute atomic E-state index is 13.1. The van der Waals surface area contributed by atoms with Crippen LogP contribution in [0.25, 0.3) is 0 Å². The van der Waals surface area contributed by atoms with Crippen LogP contribution < -0.4 is 10.2 Å². The van der Waals surface area contributed by atoms with Crippen LogP contribution in [0.2, 0.25) is 0 Å². The Hall–Kier alpha value is -2.59. The molecule has 0 radical (unpaired) electrons. The topological polar surface area (TPSA) is 64.9 Å². The molecule has 202 valence electrons. The van der Waals surface area contributed by atoms with Gasteiger partial charge in [-0.3, -0.25) is 14.6 Å². The SMILES string of the molecule is Cc1noc(C)c1N1CCCC(N2CC[C@@H](NC(=O)CN3CCc4ccc(C(F)(F)F)cc4C3)C2)CC1. The molecule has 0 spiro atoms. The van der Waals surface area contributed by atoms with Crippen LogP contribution in [0.15, 0.2) is 22.7 Å². The first-order valence-corrected chi connectivity index (χ1v) is 13.3. The average molecular weight is 520 g/mol. The Labute approximate surface area is 215 Å². The number of nitrogens with one attached hydrogen (secondary N) is 1. The van der Waals surface area contributed by atoms with E-state index in [1.54, 1.807) is 6.07 Å². The molecule has 4 heterocycles. The van der Waals surface area contributed by atoms with Gasteiger partial charge in [0.1, 0.15) is 11.4 Å². The van der Waals surface area contributed by atoms with Crippen molar-refractivity contribution in [2.75, 3.05) is 44.2 Å². The van der Waals surface area contributed by atoms with Crippen molar-refractivity contribution in [1.29, 1.82) is 0 Å². The van der Waals surface area contributed by atoms with Gasteiger partial charge in [0.2, 0.25) is 5.91 Å². The third-order valence-corrected chi connectivity index (χ3v) is 8.10. The van der Waals surface area contributed by atoms with Crippen LogP contribution in [-0.2, 0) is 23.9 Å². The summed E-state index contributed by atoms with van der Waals surface area (Å²) in [4.78, 5) is 19.7. The van der Waals surface area contributed by atoms with Gasteiger partial charge in [-0.2, -0.15) is 13.2 Å². The lowest BCUT2D eigenvalue weighted by molar-refractivity contribution is -0.137. The third kappa shape index (κ3) is 5.95. The van der Waals surface area contributed by atoms with E-state index in [4.69, 9.17) is 4.52 Å². The van der Waals surface area contributed by atoms with Gasteiger partial charge in [-0.15, -0.1) is 0 Å². The molecular formula is C27H36F3N5O2. The number of carbonyl (C=O) groups excluding carboxylic acids is 1. The van der Waals surface area contributed by atoms with Crippen molar-refractivity contribution >= 4 is 11.6 Å². The van der Waals surface area contributed by atoms with Crippen LogP contribution in [0.1, 0.15) is 53.8 Å². The number of halogens is 3. The van der Waals surface area contributed by atoms with Crippen LogP contribution in [0.3, 0.4) is 0 Å². The predicted octanol–water partition coefficient (Wildman–Crippen LogP) is 3.92. The summed E-state index contributed by atoms with van der Waals surface area (Å²) in [5.41, 5.74) is 3.05. The molecule has 0 saturated carbocycles. The fourth-order valence-electron chi connectivity index (χ4n) is 6.24. The Morgan fingerprint density at radius 2 is 1.95 bits per heavy atom. The molecule has 1 N–H and O–H groups in total. The maximum Gasteiger partial charge on any atom is 0.416 e. The highest BCUT2D eigenvalue weighted by atomic mass is 19.4. The number of hydrogen-bond acceptors (Lipinski definition) is 6. The molecule has 3 aliphatic heterocycles. The minimum Gasteiger partial charge on any atom is -0.367 e. The monoisotopic (exact) mass is 519 g/mol. The number of benzene rings is 1. The number of rotatable bonds is 5. The highest BCUT2D eigenvalue weighted by Gasteiger charge is 2.33. The molecule has 2 fully saturated rings. The fourth-order valence-corrected chi connectivity index (χ4v) is 6.24. The average Bonchev–Trinajstić information content (AvgIpc) is 3.35. The summed E-state index contributed by atoms with van der Waals surface area (Å²) < 4.78 is 44.7. The number of aryl methyl sites for hydroxylation is 2. The molecule has 0 aliphatic carbocycles. The number of carbonyl (C=O) groups is 1. The molecule has 1 aromatic heterocycles. The van der Waals surface area contributed by atoms with Crippen molar-refractivity contribution in [3.8, 4) is 0 Å². The van der Waals surface area contributed by atoms with Gasteiger partial charge < -0.3 is 14.7 Å². The standard InChI is InChI=1S/C27H36F3N5O2/c1-18-26(19(2)37-32-18)34-10-3-4-24(9-13-34)35-12-8-23(16-35)31-25(36)17-33-11-7-20-5-6-22(27(28,29)30)14-21(20)15-33/h5-6,14,23-24H,3-4,7-13,15-17H2,1-2H3,(H,31,36)/t23-,24?/m1/s1. The number of hydrogen-bond donors (Lipinski definition) is 1. The van der Waals surface area contributed by atoms with Crippen LogP contribution in [0.4, 0.5) is 18.9 Å². The van der Waals surface area contributed by atoms with Crippen LogP contribution >= 0.6 is 0 Å². The molecule has 5 rings (SSSR count). The van der Waals surface area contributed by atoms with Crippen LogP contribution in [0.5, 0.6) is 0 Å².